The Labute approximate surface area is 142 Å². The normalized spacial score (nSPS) is 10.7. The van der Waals surface area contributed by atoms with Crippen LogP contribution in [0, 0.1) is 6.92 Å². The topological polar surface area (TPSA) is 13.1 Å². The van der Waals surface area contributed by atoms with Crippen molar-refractivity contribution in [2.75, 3.05) is 0 Å². The van der Waals surface area contributed by atoms with E-state index < -0.39 is 0 Å². The van der Waals surface area contributed by atoms with Crippen LogP contribution in [0.15, 0.2) is 95.4 Å². The molecule has 0 radical (unpaired) electrons. The maximum absolute atomic E-state index is 6.28. The van der Waals surface area contributed by atoms with E-state index in [1.165, 1.54) is 11.1 Å². The van der Waals surface area contributed by atoms with Crippen molar-refractivity contribution in [3.05, 3.63) is 96.6 Å². The molecular formula is C23H18O. The highest BCUT2D eigenvalue weighted by molar-refractivity contribution is 5.83. The molecule has 1 nitrogen and oxygen atoms in total. The van der Waals surface area contributed by atoms with Gasteiger partial charge in [0.05, 0.1) is 0 Å². The lowest BCUT2D eigenvalue weighted by Gasteiger charge is -2.02. The molecule has 0 bridgehead atoms. The van der Waals surface area contributed by atoms with Crippen molar-refractivity contribution >= 4 is 0 Å². The summed E-state index contributed by atoms with van der Waals surface area (Å²) in [6.07, 6.45) is 0. The fourth-order valence-electron chi connectivity index (χ4n) is 2.89. The minimum absolute atomic E-state index is 0.896. The fraction of sp³-hybridized carbons (Fsp3) is 0.0435. The largest absolute Gasteiger partial charge is 0.455 e. The summed E-state index contributed by atoms with van der Waals surface area (Å²) in [7, 11) is 0. The molecule has 3 aromatic carbocycles. The second-order valence-electron chi connectivity index (χ2n) is 5.95. The van der Waals surface area contributed by atoms with E-state index in [2.05, 4.69) is 73.7 Å². The predicted octanol–water partition coefficient (Wildman–Crippen LogP) is 6.59. The predicted molar refractivity (Wildman–Crippen MR) is 99.8 cm³/mol. The third-order valence-corrected chi connectivity index (χ3v) is 4.19. The molecule has 1 heteroatoms. The number of aryl methyl sites for hydroxylation is 1. The van der Waals surface area contributed by atoms with Crippen molar-refractivity contribution in [2.45, 2.75) is 6.92 Å². The molecule has 0 saturated carbocycles. The smallest absolute Gasteiger partial charge is 0.142 e. The maximum atomic E-state index is 6.28. The molecule has 0 fully saturated rings. The maximum Gasteiger partial charge on any atom is 0.142 e. The first-order chi connectivity index (χ1) is 11.8. The van der Waals surface area contributed by atoms with Gasteiger partial charge in [0.2, 0.25) is 0 Å². The van der Waals surface area contributed by atoms with Crippen molar-refractivity contribution in [1.82, 2.24) is 0 Å². The molecule has 0 unspecified atom stereocenters. The van der Waals surface area contributed by atoms with Crippen LogP contribution in [0.4, 0.5) is 0 Å². The van der Waals surface area contributed by atoms with E-state index in [9.17, 15) is 0 Å². The molecule has 1 heterocycles. The number of hydrogen-bond donors (Lipinski definition) is 0. The Hall–Kier alpha value is -3.06. The Morgan fingerprint density at radius 2 is 1.17 bits per heavy atom. The van der Waals surface area contributed by atoms with Gasteiger partial charge in [-0.2, -0.15) is 0 Å². The van der Waals surface area contributed by atoms with Gasteiger partial charge < -0.3 is 4.42 Å². The molecule has 0 aliphatic rings. The number of rotatable bonds is 3. The lowest BCUT2D eigenvalue weighted by atomic mass is 10.0. The van der Waals surface area contributed by atoms with Crippen molar-refractivity contribution in [1.29, 1.82) is 0 Å². The molecule has 0 atom stereocenters. The Morgan fingerprint density at radius 1 is 0.583 bits per heavy atom. The summed E-state index contributed by atoms with van der Waals surface area (Å²) in [6, 6.07) is 31.3. The van der Waals surface area contributed by atoms with Gasteiger partial charge in [-0.3, -0.25) is 0 Å². The molecule has 0 aliphatic heterocycles. The molecule has 4 rings (SSSR count). The monoisotopic (exact) mass is 310 g/mol. The quantitative estimate of drug-likeness (QED) is 0.416. The average molecular weight is 310 g/mol. The first-order valence-electron chi connectivity index (χ1n) is 8.13. The van der Waals surface area contributed by atoms with E-state index in [4.69, 9.17) is 4.42 Å². The first kappa shape index (κ1) is 14.5. The van der Waals surface area contributed by atoms with Gasteiger partial charge in [0.1, 0.15) is 11.5 Å². The highest BCUT2D eigenvalue weighted by Crippen LogP contribution is 2.38. The van der Waals surface area contributed by atoms with E-state index in [1.54, 1.807) is 0 Å². The van der Waals surface area contributed by atoms with E-state index in [1.807, 2.05) is 24.3 Å². The Balaban J connectivity index is 1.89. The van der Waals surface area contributed by atoms with E-state index in [0.29, 0.717) is 0 Å². The van der Waals surface area contributed by atoms with Gasteiger partial charge in [-0.15, -0.1) is 0 Å². The summed E-state index contributed by atoms with van der Waals surface area (Å²) in [5.41, 5.74) is 5.72. The average Bonchev–Trinajstić information content (AvgIpc) is 3.09. The molecular weight excluding hydrogens is 292 g/mol. The molecule has 0 spiro atoms. The second-order valence-corrected chi connectivity index (χ2v) is 5.95. The summed E-state index contributed by atoms with van der Waals surface area (Å²) in [4.78, 5) is 0. The van der Waals surface area contributed by atoms with Crippen molar-refractivity contribution in [3.63, 3.8) is 0 Å². The minimum atomic E-state index is 0.896. The summed E-state index contributed by atoms with van der Waals surface area (Å²) in [5, 5.41) is 0. The Kier molecular flexibility index (Phi) is 3.76. The zero-order valence-corrected chi connectivity index (χ0v) is 13.6. The van der Waals surface area contributed by atoms with E-state index in [-0.39, 0.29) is 0 Å². The molecule has 24 heavy (non-hydrogen) atoms. The van der Waals surface area contributed by atoms with Gasteiger partial charge in [-0.1, -0.05) is 90.5 Å². The van der Waals surface area contributed by atoms with Crippen LogP contribution in [0.5, 0.6) is 0 Å². The molecule has 0 saturated heterocycles. The standard InChI is InChI=1S/C23H18O/c1-17-12-14-19(15-13-17)22-16-21(18-8-4-2-5-9-18)23(24-22)20-10-6-3-7-11-20/h2-16H,1H3. The van der Waals surface area contributed by atoms with Crippen LogP contribution in [0.3, 0.4) is 0 Å². The zero-order chi connectivity index (χ0) is 16.4. The van der Waals surface area contributed by atoms with Gasteiger partial charge in [0.15, 0.2) is 0 Å². The van der Waals surface area contributed by atoms with Gasteiger partial charge in [0.25, 0.3) is 0 Å². The van der Waals surface area contributed by atoms with Gasteiger partial charge in [0, 0.05) is 16.7 Å². The van der Waals surface area contributed by atoms with Crippen LogP contribution < -0.4 is 0 Å². The molecule has 0 amide bonds. The van der Waals surface area contributed by atoms with E-state index >= 15 is 0 Å². The molecule has 1 aromatic heterocycles. The lowest BCUT2D eigenvalue weighted by Crippen LogP contribution is -1.78. The van der Waals surface area contributed by atoms with Gasteiger partial charge >= 0.3 is 0 Å². The van der Waals surface area contributed by atoms with Crippen molar-refractivity contribution < 1.29 is 4.42 Å². The number of furan rings is 1. The van der Waals surface area contributed by atoms with E-state index in [0.717, 1.165) is 28.2 Å². The van der Waals surface area contributed by atoms with Gasteiger partial charge in [-0.05, 0) is 18.6 Å². The summed E-state index contributed by atoms with van der Waals surface area (Å²) < 4.78 is 6.28. The van der Waals surface area contributed by atoms with Crippen molar-refractivity contribution in [2.24, 2.45) is 0 Å². The molecule has 116 valence electrons. The third kappa shape index (κ3) is 2.77. The fourth-order valence-corrected chi connectivity index (χ4v) is 2.89. The summed E-state index contributed by atoms with van der Waals surface area (Å²) >= 11 is 0. The second kappa shape index (κ2) is 6.21. The Bertz CT molecular complexity index is 876. The highest BCUT2D eigenvalue weighted by atomic mass is 16.3. The first-order valence-corrected chi connectivity index (χ1v) is 8.13. The highest BCUT2D eigenvalue weighted by Gasteiger charge is 2.15. The van der Waals surface area contributed by atoms with Crippen LogP contribution in [0.1, 0.15) is 5.56 Å². The van der Waals surface area contributed by atoms with Crippen molar-refractivity contribution in [3.8, 4) is 33.8 Å². The molecule has 4 aromatic rings. The van der Waals surface area contributed by atoms with Crippen LogP contribution in [0.25, 0.3) is 33.8 Å². The number of hydrogen-bond acceptors (Lipinski definition) is 1. The zero-order valence-electron chi connectivity index (χ0n) is 13.6. The summed E-state index contributed by atoms with van der Waals surface area (Å²) in [6.45, 7) is 2.09. The third-order valence-electron chi connectivity index (χ3n) is 4.19. The van der Waals surface area contributed by atoms with Gasteiger partial charge in [-0.25, -0.2) is 0 Å². The van der Waals surface area contributed by atoms with Crippen LogP contribution in [-0.2, 0) is 0 Å². The van der Waals surface area contributed by atoms with Crippen LogP contribution in [-0.4, -0.2) is 0 Å². The lowest BCUT2D eigenvalue weighted by molar-refractivity contribution is 0.598. The summed E-state index contributed by atoms with van der Waals surface area (Å²) in [5.74, 6) is 1.81. The molecule has 0 aliphatic carbocycles. The molecule has 0 N–H and O–H groups in total. The van der Waals surface area contributed by atoms with Crippen LogP contribution >= 0.6 is 0 Å². The van der Waals surface area contributed by atoms with Crippen LogP contribution in [0.2, 0.25) is 0 Å². The Morgan fingerprint density at radius 3 is 1.79 bits per heavy atom. The SMILES string of the molecule is Cc1ccc(-c2cc(-c3ccccc3)c(-c3ccccc3)o2)cc1. The minimum Gasteiger partial charge on any atom is -0.455 e. The number of benzene rings is 3.